The normalized spacial score (nSPS) is 17.2. The molecular formula is C20H26N4O2. The van der Waals surface area contributed by atoms with E-state index in [1.54, 1.807) is 17.3 Å². The summed E-state index contributed by atoms with van der Waals surface area (Å²) in [5.74, 6) is -0.174. The molecule has 0 radical (unpaired) electrons. The molecule has 0 bridgehead atoms. The molecule has 2 amide bonds. The Hall–Kier alpha value is -2.63. The molecule has 0 aliphatic carbocycles. The van der Waals surface area contributed by atoms with Crippen LogP contribution in [0.25, 0.3) is 0 Å². The lowest BCUT2D eigenvalue weighted by atomic mass is 9.96. The Morgan fingerprint density at radius 3 is 2.77 bits per heavy atom. The fourth-order valence-corrected chi connectivity index (χ4v) is 3.43. The van der Waals surface area contributed by atoms with Crippen molar-refractivity contribution in [1.29, 1.82) is 0 Å². The first-order valence-electron chi connectivity index (χ1n) is 9.09. The van der Waals surface area contributed by atoms with Crippen LogP contribution in [-0.4, -0.2) is 39.8 Å². The summed E-state index contributed by atoms with van der Waals surface area (Å²) in [6.45, 7) is 7.59. The van der Waals surface area contributed by atoms with Crippen molar-refractivity contribution in [1.82, 2.24) is 20.2 Å². The van der Waals surface area contributed by atoms with E-state index in [-0.39, 0.29) is 17.7 Å². The van der Waals surface area contributed by atoms with Gasteiger partial charge in [0.1, 0.15) is 5.69 Å². The highest BCUT2D eigenvalue weighted by Crippen LogP contribution is 2.22. The van der Waals surface area contributed by atoms with E-state index in [0.29, 0.717) is 25.3 Å². The third-order valence-electron chi connectivity index (χ3n) is 5.30. The van der Waals surface area contributed by atoms with Gasteiger partial charge in [0, 0.05) is 37.7 Å². The van der Waals surface area contributed by atoms with Crippen LogP contribution in [-0.2, 0) is 11.3 Å². The minimum Gasteiger partial charge on any atom is -0.354 e. The molecule has 1 saturated heterocycles. The number of rotatable bonds is 4. The van der Waals surface area contributed by atoms with Gasteiger partial charge in [-0.25, -0.2) is 0 Å². The Bertz CT molecular complexity index is 798. The van der Waals surface area contributed by atoms with Gasteiger partial charge < -0.3 is 15.2 Å². The molecule has 0 aromatic carbocycles. The van der Waals surface area contributed by atoms with E-state index in [1.807, 2.05) is 32.9 Å². The maximum absolute atomic E-state index is 12.9. The van der Waals surface area contributed by atoms with Gasteiger partial charge in [-0.1, -0.05) is 6.07 Å². The van der Waals surface area contributed by atoms with Crippen molar-refractivity contribution in [3.63, 3.8) is 0 Å². The maximum Gasteiger partial charge on any atom is 0.270 e. The van der Waals surface area contributed by atoms with Gasteiger partial charge >= 0.3 is 0 Å². The molecule has 6 nitrogen and oxygen atoms in total. The number of aromatic nitrogens is 2. The number of hydrogen-bond acceptors (Lipinski definition) is 3. The first-order valence-corrected chi connectivity index (χ1v) is 9.09. The van der Waals surface area contributed by atoms with Crippen LogP contribution in [0, 0.1) is 26.7 Å². The Morgan fingerprint density at radius 1 is 1.31 bits per heavy atom. The summed E-state index contributed by atoms with van der Waals surface area (Å²) in [7, 11) is 0. The van der Waals surface area contributed by atoms with Crippen molar-refractivity contribution >= 4 is 11.8 Å². The first kappa shape index (κ1) is 18.2. The lowest BCUT2D eigenvalue weighted by molar-refractivity contribution is -0.126. The number of amides is 2. The second kappa shape index (κ2) is 7.72. The van der Waals surface area contributed by atoms with Gasteiger partial charge in [0.05, 0.1) is 5.92 Å². The minimum absolute atomic E-state index is 0.00178. The van der Waals surface area contributed by atoms with E-state index >= 15 is 0 Å². The predicted octanol–water partition coefficient (Wildman–Crippen LogP) is 2.50. The Balaban J connectivity index is 1.62. The molecule has 2 N–H and O–H groups in total. The van der Waals surface area contributed by atoms with Crippen molar-refractivity contribution in [2.45, 2.75) is 40.2 Å². The minimum atomic E-state index is -0.165. The number of aryl methyl sites for hydroxylation is 1. The van der Waals surface area contributed by atoms with Gasteiger partial charge in [0.2, 0.25) is 5.91 Å². The molecule has 0 spiro atoms. The number of carbonyl (C=O) groups excluding carboxylic acids is 2. The summed E-state index contributed by atoms with van der Waals surface area (Å²) < 4.78 is 0. The molecule has 1 unspecified atom stereocenters. The van der Waals surface area contributed by atoms with Crippen molar-refractivity contribution in [3.05, 3.63) is 52.6 Å². The number of aromatic amines is 1. The standard InChI is InChI=1S/C20H26N4O2/c1-13-14(2)18(23-15(13)3)20(26)24-9-5-7-17(12-24)19(25)22-11-16-6-4-8-21-10-16/h4,6,8,10,17,23H,5,7,9,11-12H2,1-3H3,(H,22,25). The lowest BCUT2D eigenvalue weighted by Crippen LogP contribution is -2.45. The number of hydrogen-bond donors (Lipinski definition) is 2. The number of carbonyl (C=O) groups is 2. The number of likely N-dealkylation sites (tertiary alicyclic amines) is 1. The zero-order chi connectivity index (χ0) is 18.7. The SMILES string of the molecule is Cc1[nH]c(C(=O)N2CCCC(C(=O)NCc3cccnc3)C2)c(C)c1C. The van der Waals surface area contributed by atoms with E-state index in [1.165, 1.54) is 0 Å². The van der Waals surface area contributed by atoms with Gasteiger partial charge in [-0.15, -0.1) is 0 Å². The Kier molecular flexibility index (Phi) is 5.40. The number of H-pyrrole nitrogens is 1. The molecule has 2 aromatic heterocycles. The second-order valence-corrected chi connectivity index (χ2v) is 7.04. The highest BCUT2D eigenvalue weighted by molar-refractivity contribution is 5.95. The number of pyridine rings is 1. The fraction of sp³-hybridized carbons (Fsp3) is 0.450. The van der Waals surface area contributed by atoms with E-state index in [2.05, 4.69) is 15.3 Å². The van der Waals surface area contributed by atoms with Crippen LogP contribution in [0.3, 0.4) is 0 Å². The molecular weight excluding hydrogens is 328 g/mol. The Morgan fingerprint density at radius 2 is 2.12 bits per heavy atom. The first-order chi connectivity index (χ1) is 12.5. The summed E-state index contributed by atoms with van der Waals surface area (Å²) in [6, 6.07) is 3.79. The summed E-state index contributed by atoms with van der Waals surface area (Å²) in [5, 5.41) is 2.97. The highest BCUT2D eigenvalue weighted by atomic mass is 16.2. The third-order valence-corrected chi connectivity index (χ3v) is 5.30. The molecule has 1 atom stereocenters. The smallest absolute Gasteiger partial charge is 0.270 e. The van der Waals surface area contributed by atoms with Crippen LogP contribution >= 0.6 is 0 Å². The molecule has 26 heavy (non-hydrogen) atoms. The van der Waals surface area contributed by atoms with Crippen LogP contribution in [0.15, 0.2) is 24.5 Å². The number of nitrogens with one attached hydrogen (secondary N) is 2. The quantitative estimate of drug-likeness (QED) is 0.885. The zero-order valence-electron chi connectivity index (χ0n) is 15.6. The molecule has 3 heterocycles. The molecule has 6 heteroatoms. The van der Waals surface area contributed by atoms with Gasteiger partial charge in [0.25, 0.3) is 5.91 Å². The van der Waals surface area contributed by atoms with Crippen LogP contribution in [0.4, 0.5) is 0 Å². The molecule has 3 rings (SSSR count). The van der Waals surface area contributed by atoms with Crippen molar-refractivity contribution in [2.24, 2.45) is 5.92 Å². The van der Waals surface area contributed by atoms with Crippen molar-refractivity contribution in [3.8, 4) is 0 Å². The third kappa shape index (κ3) is 3.79. The maximum atomic E-state index is 12.9. The van der Waals surface area contributed by atoms with Gasteiger partial charge in [0.15, 0.2) is 0 Å². The lowest BCUT2D eigenvalue weighted by Gasteiger charge is -2.32. The van der Waals surface area contributed by atoms with E-state index in [0.717, 1.165) is 35.2 Å². The topological polar surface area (TPSA) is 78.1 Å². The Labute approximate surface area is 154 Å². The number of piperidine rings is 1. The predicted molar refractivity (Wildman–Crippen MR) is 99.7 cm³/mol. The molecule has 1 aliphatic heterocycles. The summed E-state index contributed by atoms with van der Waals surface area (Å²) >= 11 is 0. The van der Waals surface area contributed by atoms with Gasteiger partial charge in [-0.2, -0.15) is 0 Å². The van der Waals surface area contributed by atoms with Crippen LogP contribution in [0.2, 0.25) is 0 Å². The molecule has 2 aromatic rings. The second-order valence-electron chi connectivity index (χ2n) is 7.04. The average molecular weight is 354 g/mol. The van der Waals surface area contributed by atoms with E-state index in [4.69, 9.17) is 0 Å². The van der Waals surface area contributed by atoms with Crippen molar-refractivity contribution in [2.75, 3.05) is 13.1 Å². The summed E-state index contributed by atoms with van der Waals surface area (Å²) in [4.78, 5) is 34.5. The average Bonchev–Trinajstić information content (AvgIpc) is 2.93. The van der Waals surface area contributed by atoms with Gasteiger partial charge in [-0.05, 0) is 56.4 Å². The summed E-state index contributed by atoms with van der Waals surface area (Å²) in [5.41, 5.74) is 4.76. The van der Waals surface area contributed by atoms with Gasteiger partial charge in [-0.3, -0.25) is 14.6 Å². The molecule has 0 saturated carbocycles. The van der Waals surface area contributed by atoms with Crippen LogP contribution in [0.5, 0.6) is 0 Å². The number of nitrogens with zero attached hydrogens (tertiary/aromatic N) is 2. The molecule has 1 aliphatic rings. The van der Waals surface area contributed by atoms with E-state index in [9.17, 15) is 9.59 Å². The van der Waals surface area contributed by atoms with Crippen molar-refractivity contribution < 1.29 is 9.59 Å². The largest absolute Gasteiger partial charge is 0.354 e. The zero-order valence-corrected chi connectivity index (χ0v) is 15.6. The molecule has 138 valence electrons. The fourth-order valence-electron chi connectivity index (χ4n) is 3.43. The summed E-state index contributed by atoms with van der Waals surface area (Å²) in [6.07, 6.45) is 5.11. The van der Waals surface area contributed by atoms with Crippen LogP contribution in [0.1, 0.15) is 45.7 Å². The van der Waals surface area contributed by atoms with E-state index < -0.39 is 0 Å². The monoisotopic (exact) mass is 354 g/mol. The molecule has 1 fully saturated rings. The van der Waals surface area contributed by atoms with Crippen LogP contribution < -0.4 is 5.32 Å². The highest BCUT2D eigenvalue weighted by Gasteiger charge is 2.30.